The average Bonchev–Trinajstić information content (AvgIpc) is 2.38. The zero-order valence-electron chi connectivity index (χ0n) is 14.0. The second kappa shape index (κ2) is 14.5. The van der Waals surface area contributed by atoms with Gasteiger partial charge in [-0.1, -0.05) is 58.8 Å². The average molecular weight is 330 g/mol. The molecule has 6 heteroatoms. The largest absolute Gasteiger partial charge is 1.00 e. The molecular weight excluding hydrogens is 299 g/mol. The van der Waals surface area contributed by atoms with Crippen LogP contribution in [0.4, 0.5) is 0 Å². The standard InChI is InChI=1S/C15H32O4S.Na/c1-3-5-8-12-15(20(17,18)19)13-10-7-6-9-11-14(16)4-2;/h14-16H,3-13H2,1-2H3,(H,17,18,19);/q;+1/p-1. The minimum Gasteiger partial charge on any atom is -0.748 e. The Hall–Kier alpha value is 0.870. The van der Waals surface area contributed by atoms with Gasteiger partial charge in [-0.2, -0.15) is 0 Å². The van der Waals surface area contributed by atoms with E-state index in [1.807, 2.05) is 6.92 Å². The van der Waals surface area contributed by atoms with Crippen molar-refractivity contribution in [3.05, 3.63) is 0 Å². The van der Waals surface area contributed by atoms with Gasteiger partial charge in [-0.3, -0.25) is 0 Å². The smallest absolute Gasteiger partial charge is 0.748 e. The van der Waals surface area contributed by atoms with E-state index >= 15 is 0 Å². The van der Waals surface area contributed by atoms with Gasteiger partial charge in [-0.25, -0.2) is 8.42 Å². The monoisotopic (exact) mass is 330 g/mol. The van der Waals surface area contributed by atoms with Crippen LogP contribution >= 0.6 is 0 Å². The van der Waals surface area contributed by atoms with Crippen molar-refractivity contribution in [2.24, 2.45) is 0 Å². The summed E-state index contributed by atoms with van der Waals surface area (Å²) in [6.07, 6.45) is 8.94. The first-order valence-corrected chi connectivity index (χ1v) is 9.51. The van der Waals surface area contributed by atoms with Crippen LogP contribution in [-0.4, -0.2) is 29.4 Å². The molecule has 0 saturated carbocycles. The maximum Gasteiger partial charge on any atom is 1.00 e. The molecule has 0 aromatic heterocycles. The van der Waals surface area contributed by atoms with Crippen LogP contribution in [0.3, 0.4) is 0 Å². The van der Waals surface area contributed by atoms with Crippen molar-refractivity contribution in [3.8, 4) is 0 Å². The molecule has 0 rings (SSSR count). The molecule has 0 amide bonds. The molecule has 0 aliphatic heterocycles. The van der Waals surface area contributed by atoms with Crippen molar-refractivity contribution in [3.63, 3.8) is 0 Å². The Kier molecular flexibility index (Phi) is 16.6. The summed E-state index contributed by atoms with van der Waals surface area (Å²) in [5, 5.41) is 8.71. The molecule has 0 aromatic rings. The van der Waals surface area contributed by atoms with E-state index in [1.165, 1.54) is 0 Å². The van der Waals surface area contributed by atoms with E-state index in [1.54, 1.807) is 0 Å². The molecule has 2 atom stereocenters. The second-order valence-electron chi connectivity index (χ2n) is 5.66. The van der Waals surface area contributed by atoms with Crippen molar-refractivity contribution in [1.29, 1.82) is 0 Å². The molecule has 1 N–H and O–H groups in total. The van der Waals surface area contributed by atoms with Gasteiger partial charge in [0, 0.05) is 5.25 Å². The molecule has 0 aliphatic rings. The van der Waals surface area contributed by atoms with Crippen molar-refractivity contribution < 1.29 is 47.6 Å². The second-order valence-corrected chi connectivity index (χ2v) is 7.32. The van der Waals surface area contributed by atoms with Crippen LogP contribution in [0.15, 0.2) is 0 Å². The maximum absolute atomic E-state index is 11.2. The van der Waals surface area contributed by atoms with E-state index in [0.717, 1.165) is 57.8 Å². The van der Waals surface area contributed by atoms with Gasteiger partial charge in [0.15, 0.2) is 0 Å². The van der Waals surface area contributed by atoms with Crippen LogP contribution in [-0.2, 0) is 10.1 Å². The first-order valence-electron chi connectivity index (χ1n) is 8.04. The summed E-state index contributed by atoms with van der Waals surface area (Å²) in [6.45, 7) is 4.02. The summed E-state index contributed by atoms with van der Waals surface area (Å²) in [6, 6.07) is 0. The van der Waals surface area contributed by atoms with Crippen LogP contribution in [0.25, 0.3) is 0 Å². The van der Waals surface area contributed by atoms with Gasteiger partial charge in [0.25, 0.3) is 0 Å². The number of aliphatic hydroxyl groups is 1. The van der Waals surface area contributed by atoms with Crippen molar-refractivity contribution in [2.75, 3.05) is 0 Å². The molecule has 0 spiro atoms. The van der Waals surface area contributed by atoms with Crippen LogP contribution in [0, 0.1) is 0 Å². The van der Waals surface area contributed by atoms with Gasteiger partial charge >= 0.3 is 29.6 Å². The first-order chi connectivity index (χ1) is 9.41. The number of hydrogen-bond donors (Lipinski definition) is 1. The summed E-state index contributed by atoms with van der Waals surface area (Å²) in [4.78, 5) is 0. The minimum atomic E-state index is -4.15. The summed E-state index contributed by atoms with van der Waals surface area (Å²) < 4.78 is 33.6. The molecule has 0 aliphatic carbocycles. The quantitative estimate of drug-likeness (QED) is 0.305. The number of rotatable bonds is 13. The summed E-state index contributed by atoms with van der Waals surface area (Å²) >= 11 is 0. The van der Waals surface area contributed by atoms with Gasteiger partial charge in [-0.05, 0) is 25.7 Å². The summed E-state index contributed by atoms with van der Waals surface area (Å²) in [5.41, 5.74) is 0. The SMILES string of the molecule is CCCCCC(CCCCCCC(O)CC)S(=O)(=O)[O-].[Na+]. The molecule has 4 nitrogen and oxygen atoms in total. The van der Waals surface area contributed by atoms with E-state index in [0.29, 0.717) is 12.8 Å². The molecule has 21 heavy (non-hydrogen) atoms. The minimum absolute atomic E-state index is 0. The summed E-state index contributed by atoms with van der Waals surface area (Å²) in [5.74, 6) is 0. The van der Waals surface area contributed by atoms with Crippen molar-refractivity contribution in [2.45, 2.75) is 95.8 Å². The molecule has 0 fully saturated rings. The van der Waals surface area contributed by atoms with Crippen LogP contribution in [0.2, 0.25) is 0 Å². The Labute approximate surface area is 153 Å². The van der Waals surface area contributed by atoms with Gasteiger partial charge in [0.05, 0.1) is 16.2 Å². The molecular formula is C15H31NaO4S. The van der Waals surface area contributed by atoms with Gasteiger partial charge in [0.1, 0.15) is 0 Å². The number of aliphatic hydroxyl groups excluding tert-OH is 1. The Morgan fingerprint density at radius 2 is 1.38 bits per heavy atom. The number of hydrogen-bond acceptors (Lipinski definition) is 4. The third-order valence-corrected chi connectivity index (χ3v) is 5.11. The van der Waals surface area contributed by atoms with Gasteiger partial charge < -0.3 is 9.66 Å². The third kappa shape index (κ3) is 14.2. The molecule has 0 radical (unpaired) electrons. The van der Waals surface area contributed by atoms with Crippen molar-refractivity contribution in [1.82, 2.24) is 0 Å². The molecule has 0 aromatic carbocycles. The van der Waals surface area contributed by atoms with E-state index in [-0.39, 0.29) is 35.7 Å². The number of unbranched alkanes of at least 4 members (excludes halogenated alkanes) is 5. The van der Waals surface area contributed by atoms with Crippen LogP contribution in [0.5, 0.6) is 0 Å². The van der Waals surface area contributed by atoms with E-state index < -0.39 is 15.4 Å². The Morgan fingerprint density at radius 1 is 0.905 bits per heavy atom. The molecule has 0 heterocycles. The topological polar surface area (TPSA) is 77.4 Å². The van der Waals surface area contributed by atoms with E-state index in [9.17, 15) is 18.1 Å². The fourth-order valence-electron chi connectivity index (χ4n) is 2.36. The zero-order valence-corrected chi connectivity index (χ0v) is 16.8. The molecule has 0 saturated heterocycles. The molecule has 122 valence electrons. The maximum atomic E-state index is 11.2. The predicted octanol–water partition coefficient (Wildman–Crippen LogP) is 0.596. The van der Waals surface area contributed by atoms with Crippen molar-refractivity contribution >= 4 is 10.1 Å². The Morgan fingerprint density at radius 3 is 1.81 bits per heavy atom. The first kappa shape index (κ1) is 24.1. The predicted molar refractivity (Wildman–Crippen MR) is 81.6 cm³/mol. The summed E-state index contributed by atoms with van der Waals surface area (Å²) in [7, 11) is -4.15. The van der Waals surface area contributed by atoms with Gasteiger partial charge in [-0.15, -0.1) is 0 Å². The zero-order chi connectivity index (χ0) is 15.4. The Bertz CT molecular complexity index is 320. The fraction of sp³-hybridized carbons (Fsp3) is 1.00. The van der Waals surface area contributed by atoms with Crippen LogP contribution < -0.4 is 29.6 Å². The fourth-order valence-corrected chi connectivity index (χ4v) is 3.28. The van der Waals surface area contributed by atoms with E-state index in [4.69, 9.17) is 0 Å². The molecule has 0 bridgehead atoms. The third-order valence-electron chi connectivity index (χ3n) is 3.82. The normalized spacial score (nSPS) is 14.5. The van der Waals surface area contributed by atoms with Crippen LogP contribution in [0.1, 0.15) is 84.5 Å². The molecule has 2 unspecified atom stereocenters. The Balaban J connectivity index is 0. The van der Waals surface area contributed by atoms with Gasteiger partial charge in [0.2, 0.25) is 0 Å². The van der Waals surface area contributed by atoms with E-state index in [2.05, 4.69) is 6.92 Å².